The van der Waals surface area contributed by atoms with Crippen LogP contribution in [0.3, 0.4) is 0 Å². The van der Waals surface area contributed by atoms with E-state index in [9.17, 15) is 4.79 Å². The first kappa shape index (κ1) is 34.0. The number of anilines is 2. The number of halogens is 2. The van der Waals surface area contributed by atoms with Gasteiger partial charge in [-0.2, -0.15) is 5.10 Å². The zero-order chi connectivity index (χ0) is 34.8. The molecule has 0 spiro atoms. The normalized spacial score (nSPS) is 20.0. The lowest BCUT2D eigenvalue weighted by molar-refractivity contribution is -0.179. The molecule has 50 heavy (non-hydrogen) atoms. The minimum atomic E-state index is -1.19. The molecule has 2 aliphatic rings. The smallest absolute Gasteiger partial charge is 0.350 e. The van der Waals surface area contributed by atoms with E-state index in [2.05, 4.69) is 54.7 Å². The van der Waals surface area contributed by atoms with E-state index in [4.69, 9.17) is 37.4 Å². The summed E-state index contributed by atoms with van der Waals surface area (Å²) in [4.78, 5) is 17.5. The lowest BCUT2D eigenvalue weighted by atomic mass is 10.0. The summed E-state index contributed by atoms with van der Waals surface area (Å²) in [5.74, 6) is 0.138. The van der Waals surface area contributed by atoms with Gasteiger partial charge in [0, 0.05) is 55.2 Å². The Morgan fingerprint density at radius 1 is 0.960 bits per heavy atom. The van der Waals surface area contributed by atoms with E-state index in [1.807, 2.05) is 38.1 Å². The molecule has 262 valence electrons. The molecule has 0 saturated carbocycles. The SMILES string of the molecule is CCC(C)n1ncn(-c2ccc(N3CCN(c4ccc(OC[C@@H]5CO[C@@](Cc6nnnn6C)(c6ccc(Cl)cc6Cl)O5)cc4)CC3)cc2)c1=O. The van der Waals surface area contributed by atoms with Crippen LogP contribution in [0.5, 0.6) is 5.75 Å². The summed E-state index contributed by atoms with van der Waals surface area (Å²) >= 11 is 12.8. The Morgan fingerprint density at radius 3 is 2.24 bits per heavy atom. The van der Waals surface area contributed by atoms with Crippen molar-refractivity contribution in [1.82, 2.24) is 34.6 Å². The average Bonchev–Trinajstić information content (AvgIpc) is 3.86. The van der Waals surface area contributed by atoms with Gasteiger partial charge in [0.15, 0.2) is 5.82 Å². The highest BCUT2D eigenvalue weighted by Gasteiger charge is 2.46. The van der Waals surface area contributed by atoms with E-state index in [1.54, 1.807) is 40.8 Å². The second-order valence-electron chi connectivity index (χ2n) is 12.6. The molecule has 3 atom stereocenters. The van der Waals surface area contributed by atoms with E-state index < -0.39 is 5.79 Å². The van der Waals surface area contributed by atoms with Crippen molar-refractivity contribution < 1.29 is 14.2 Å². The van der Waals surface area contributed by atoms with Crippen molar-refractivity contribution in [2.24, 2.45) is 7.05 Å². The molecule has 0 amide bonds. The van der Waals surface area contributed by atoms with Crippen molar-refractivity contribution in [3.05, 3.63) is 105 Å². The minimum Gasteiger partial charge on any atom is -0.491 e. The van der Waals surface area contributed by atoms with Gasteiger partial charge in [-0.05, 0) is 84.4 Å². The summed E-state index contributed by atoms with van der Waals surface area (Å²) < 4.78 is 23.7. The van der Waals surface area contributed by atoms with Crippen LogP contribution in [0.25, 0.3) is 5.69 Å². The van der Waals surface area contributed by atoms with Gasteiger partial charge in [0.25, 0.3) is 0 Å². The predicted molar refractivity (Wildman–Crippen MR) is 191 cm³/mol. The second-order valence-corrected chi connectivity index (χ2v) is 13.4. The number of benzene rings is 3. The summed E-state index contributed by atoms with van der Waals surface area (Å²) in [6.45, 7) is 8.16. The zero-order valence-corrected chi connectivity index (χ0v) is 29.7. The molecule has 1 unspecified atom stereocenters. The van der Waals surface area contributed by atoms with Gasteiger partial charge in [-0.15, -0.1) is 5.10 Å². The Labute approximate surface area is 299 Å². The molecule has 0 aliphatic carbocycles. The first-order chi connectivity index (χ1) is 24.2. The molecule has 15 heteroatoms. The fourth-order valence-corrected chi connectivity index (χ4v) is 6.89. The molecule has 4 heterocycles. The van der Waals surface area contributed by atoms with Crippen LogP contribution in [0.1, 0.15) is 37.7 Å². The van der Waals surface area contributed by atoms with Crippen LogP contribution >= 0.6 is 23.2 Å². The van der Waals surface area contributed by atoms with Crippen molar-refractivity contribution in [2.45, 2.75) is 44.6 Å². The van der Waals surface area contributed by atoms with Crippen LogP contribution in [0.15, 0.2) is 77.9 Å². The second kappa shape index (κ2) is 14.4. The third kappa shape index (κ3) is 6.95. The van der Waals surface area contributed by atoms with E-state index in [1.165, 1.54) is 4.68 Å². The highest BCUT2D eigenvalue weighted by molar-refractivity contribution is 6.35. The van der Waals surface area contributed by atoms with E-state index >= 15 is 0 Å². The van der Waals surface area contributed by atoms with Crippen molar-refractivity contribution in [3.8, 4) is 11.4 Å². The van der Waals surface area contributed by atoms with Crippen molar-refractivity contribution in [1.29, 1.82) is 0 Å². The predicted octanol–water partition coefficient (Wildman–Crippen LogP) is 5.05. The highest BCUT2D eigenvalue weighted by atomic mass is 35.5. The fraction of sp³-hybridized carbons (Fsp3) is 0.400. The van der Waals surface area contributed by atoms with Crippen LogP contribution in [0, 0.1) is 0 Å². The third-order valence-electron chi connectivity index (χ3n) is 9.41. The van der Waals surface area contributed by atoms with Gasteiger partial charge in [-0.1, -0.05) is 36.2 Å². The van der Waals surface area contributed by atoms with Gasteiger partial charge < -0.3 is 24.0 Å². The number of aromatic nitrogens is 7. The molecule has 0 radical (unpaired) electrons. The number of piperazine rings is 1. The molecular weight excluding hydrogens is 681 g/mol. The molecule has 2 aromatic heterocycles. The molecule has 5 aromatic rings. The Hall–Kier alpha value is -4.43. The highest BCUT2D eigenvalue weighted by Crippen LogP contribution is 2.41. The molecule has 2 saturated heterocycles. The first-order valence-corrected chi connectivity index (χ1v) is 17.5. The number of hydrogen-bond acceptors (Lipinski definition) is 10. The van der Waals surface area contributed by atoms with Crippen LogP contribution in [-0.2, 0) is 28.7 Å². The van der Waals surface area contributed by atoms with Gasteiger partial charge in [0.2, 0.25) is 5.79 Å². The number of hydrogen-bond donors (Lipinski definition) is 0. The van der Waals surface area contributed by atoms with Crippen LogP contribution in [-0.4, -0.2) is 80.1 Å². The van der Waals surface area contributed by atoms with Crippen molar-refractivity contribution >= 4 is 34.6 Å². The van der Waals surface area contributed by atoms with Gasteiger partial charge in [-0.25, -0.2) is 18.7 Å². The zero-order valence-electron chi connectivity index (χ0n) is 28.2. The van der Waals surface area contributed by atoms with Crippen molar-refractivity contribution in [2.75, 3.05) is 49.2 Å². The average molecular weight is 721 g/mol. The molecule has 7 rings (SSSR count). The fourth-order valence-electron chi connectivity index (χ4n) is 6.34. The Balaban J connectivity index is 0.932. The molecule has 2 fully saturated rings. The monoisotopic (exact) mass is 719 g/mol. The Kier molecular flexibility index (Phi) is 9.82. The third-order valence-corrected chi connectivity index (χ3v) is 9.96. The topological polar surface area (TPSA) is 118 Å². The summed E-state index contributed by atoms with van der Waals surface area (Å²) in [6, 6.07) is 21.5. The standard InChI is InChI=1S/C35H39Cl2N9O4/c1-4-24(2)46-34(47)45(23-38-46)28-8-6-26(7-9-28)43-15-17-44(18-16-43)27-10-12-29(13-11-27)48-21-30-22-49-35(50-30,20-33-39-40-41-42(33)3)31-14-5-25(36)19-32(31)37/h5-14,19,23-24,30H,4,15-18,20-22H2,1-3H3/t24?,30-,35-/m1/s1. The molecular formula is C35H39Cl2N9O4. The molecule has 3 aromatic carbocycles. The maximum atomic E-state index is 12.8. The van der Waals surface area contributed by atoms with E-state index in [0.29, 0.717) is 28.0 Å². The molecule has 2 aliphatic heterocycles. The number of tetrazole rings is 1. The first-order valence-electron chi connectivity index (χ1n) is 16.7. The maximum absolute atomic E-state index is 12.8. The minimum absolute atomic E-state index is 0.0624. The number of ether oxygens (including phenoxy) is 3. The maximum Gasteiger partial charge on any atom is 0.350 e. The largest absolute Gasteiger partial charge is 0.491 e. The summed E-state index contributed by atoms with van der Waals surface area (Å²) in [7, 11) is 1.77. The molecule has 0 bridgehead atoms. The molecule has 13 nitrogen and oxygen atoms in total. The van der Waals surface area contributed by atoms with E-state index in [0.717, 1.165) is 55.4 Å². The van der Waals surface area contributed by atoms with Gasteiger partial charge in [0.05, 0.1) is 29.8 Å². The molecule has 0 N–H and O–H groups in total. The summed E-state index contributed by atoms with van der Waals surface area (Å²) in [5, 5.41) is 17.1. The Bertz CT molecular complexity index is 1970. The summed E-state index contributed by atoms with van der Waals surface area (Å²) in [5.41, 5.74) is 3.61. The van der Waals surface area contributed by atoms with Gasteiger partial charge in [-0.3, -0.25) is 0 Å². The number of aryl methyl sites for hydroxylation is 1. The van der Waals surface area contributed by atoms with Gasteiger partial charge >= 0.3 is 5.69 Å². The van der Waals surface area contributed by atoms with Crippen LogP contribution < -0.4 is 20.2 Å². The lowest BCUT2D eigenvalue weighted by Gasteiger charge is -2.37. The van der Waals surface area contributed by atoms with Crippen LogP contribution in [0.2, 0.25) is 10.0 Å². The van der Waals surface area contributed by atoms with Crippen molar-refractivity contribution in [3.63, 3.8) is 0 Å². The van der Waals surface area contributed by atoms with Crippen LogP contribution in [0.4, 0.5) is 11.4 Å². The lowest BCUT2D eigenvalue weighted by Crippen LogP contribution is -2.46. The van der Waals surface area contributed by atoms with Gasteiger partial charge in [0.1, 0.15) is 24.8 Å². The quantitative estimate of drug-likeness (QED) is 0.184. The van der Waals surface area contributed by atoms with E-state index in [-0.39, 0.29) is 30.9 Å². The Morgan fingerprint density at radius 2 is 1.62 bits per heavy atom. The summed E-state index contributed by atoms with van der Waals surface area (Å²) in [6.07, 6.45) is 2.35. The number of rotatable bonds is 11. The number of nitrogens with zero attached hydrogens (tertiary/aromatic N) is 9.